The van der Waals surface area contributed by atoms with Crippen LogP contribution in [0.5, 0.6) is 0 Å². The molecule has 0 aliphatic heterocycles. The van der Waals surface area contributed by atoms with Crippen molar-refractivity contribution < 1.29 is 9.59 Å². The normalized spacial score (nSPS) is 10.7. The van der Waals surface area contributed by atoms with E-state index in [0.29, 0.717) is 36.6 Å². The van der Waals surface area contributed by atoms with Gasteiger partial charge in [-0.15, -0.1) is 21.5 Å². The van der Waals surface area contributed by atoms with Crippen molar-refractivity contribution in [3.63, 3.8) is 0 Å². The summed E-state index contributed by atoms with van der Waals surface area (Å²) in [6.07, 6.45) is 2.79. The lowest BCUT2D eigenvalue weighted by molar-refractivity contribution is -0.121. The molecule has 8 heteroatoms. The fraction of sp³-hybridized carbons (Fsp3) is 0.250. The quantitative estimate of drug-likeness (QED) is 0.638. The van der Waals surface area contributed by atoms with Crippen LogP contribution in [0.15, 0.2) is 41.9 Å². The minimum absolute atomic E-state index is 0.0759. The largest absolute Gasteiger partial charge is 0.351 e. The lowest BCUT2D eigenvalue weighted by Gasteiger charge is -2.05. The van der Waals surface area contributed by atoms with Gasteiger partial charge in [-0.2, -0.15) is 0 Å². The van der Waals surface area contributed by atoms with Crippen molar-refractivity contribution in [2.45, 2.75) is 19.4 Å². The average molecular weight is 343 g/mol. The summed E-state index contributed by atoms with van der Waals surface area (Å²) in [6.45, 7) is 0.795. The Bertz CT molecular complexity index is 828. The van der Waals surface area contributed by atoms with Crippen molar-refractivity contribution in [3.8, 4) is 0 Å². The van der Waals surface area contributed by atoms with E-state index in [1.54, 1.807) is 6.07 Å². The Morgan fingerprint density at radius 2 is 2.04 bits per heavy atom. The van der Waals surface area contributed by atoms with Crippen LogP contribution in [-0.4, -0.2) is 33.0 Å². The highest BCUT2D eigenvalue weighted by molar-refractivity contribution is 7.12. The molecule has 0 aliphatic rings. The summed E-state index contributed by atoms with van der Waals surface area (Å²) in [5, 5.41) is 15.6. The van der Waals surface area contributed by atoms with Gasteiger partial charge in [-0.1, -0.05) is 12.1 Å². The van der Waals surface area contributed by atoms with E-state index in [1.165, 1.54) is 11.3 Å². The van der Waals surface area contributed by atoms with Gasteiger partial charge in [0.15, 0.2) is 11.5 Å². The summed E-state index contributed by atoms with van der Waals surface area (Å²) in [6, 6.07) is 9.24. The molecule has 0 fully saturated rings. The highest BCUT2D eigenvalue weighted by atomic mass is 32.1. The molecule has 2 N–H and O–H groups in total. The van der Waals surface area contributed by atoms with Crippen LogP contribution < -0.4 is 10.6 Å². The molecule has 3 aromatic heterocycles. The zero-order valence-corrected chi connectivity index (χ0v) is 13.8. The first-order valence-electron chi connectivity index (χ1n) is 7.61. The molecule has 0 aromatic carbocycles. The van der Waals surface area contributed by atoms with E-state index < -0.39 is 0 Å². The molecular weight excluding hydrogens is 326 g/mol. The predicted molar refractivity (Wildman–Crippen MR) is 90.7 cm³/mol. The van der Waals surface area contributed by atoms with E-state index in [-0.39, 0.29) is 11.8 Å². The van der Waals surface area contributed by atoms with Crippen LogP contribution in [0.2, 0.25) is 0 Å². The van der Waals surface area contributed by atoms with Crippen LogP contribution in [-0.2, 0) is 11.3 Å². The number of thiophene rings is 1. The third-order valence-corrected chi connectivity index (χ3v) is 4.31. The number of pyridine rings is 1. The zero-order chi connectivity index (χ0) is 16.8. The standard InChI is InChI=1S/C16H17N5O2S/c22-15(7-3-8-17-16(23)12-5-4-10-24-12)18-11-14-20-19-13-6-1-2-9-21(13)14/h1-2,4-6,9-10H,3,7-8,11H2,(H,17,23)(H,18,22). The van der Waals surface area contributed by atoms with Crippen LogP contribution in [0.3, 0.4) is 0 Å². The summed E-state index contributed by atoms with van der Waals surface area (Å²) in [5.74, 6) is 0.512. The van der Waals surface area contributed by atoms with Crippen LogP contribution >= 0.6 is 11.3 Å². The van der Waals surface area contributed by atoms with Gasteiger partial charge >= 0.3 is 0 Å². The van der Waals surface area contributed by atoms with Gasteiger partial charge in [0.05, 0.1) is 11.4 Å². The third kappa shape index (κ3) is 3.96. The molecule has 0 spiro atoms. The predicted octanol–water partition coefficient (Wildman–Crippen LogP) is 1.62. The number of hydrogen-bond donors (Lipinski definition) is 2. The number of fused-ring (bicyclic) bond motifs is 1. The summed E-state index contributed by atoms with van der Waals surface area (Å²) in [4.78, 5) is 24.3. The molecule has 0 radical (unpaired) electrons. The molecule has 0 atom stereocenters. The molecule has 0 unspecified atom stereocenters. The SMILES string of the molecule is O=C(CCCNC(=O)c1cccs1)NCc1nnc2ccccn12. The molecule has 0 aliphatic carbocycles. The van der Waals surface area contributed by atoms with Crippen molar-refractivity contribution >= 4 is 28.8 Å². The van der Waals surface area contributed by atoms with Gasteiger partial charge in [0.1, 0.15) is 0 Å². The average Bonchev–Trinajstić information content (AvgIpc) is 3.26. The number of hydrogen-bond acceptors (Lipinski definition) is 5. The van der Waals surface area contributed by atoms with Gasteiger partial charge in [0.2, 0.25) is 5.91 Å². The second kappa shape index (κ2) is 7.69. The van der Waals surface area contributed by atoms with Crippen molar-refractivity contribution in [1.29, 1.82) is 0 Å². The summed E-state index contributed by atoms with van der Waals surface area (Å²) < 4.78 is 1.83. The van der Waals surface area contributed by atoms with E-state index in [0.717, 1.165) is 5.65 Å². The maximum Gasteiger partial charge on any atom is 0.261 e. The second-order valence-corrected chi connectivity index (χ2v) is 6.11. The lowest BCUT2D eigenvalue weighted by atomic mass is 10.3. The first kappa shape index (κ1) is 16.1. The van der Waals surface area contributed by atoms with Crippen molar-refractivity contribution in [2.75, 3.05) is 6.54 Å². The Kier molecular flexibility index (Phi) is 5.17. The Morgan fingerprint density at radius 3 is 2.88 bits per heavy atom. The Labute approximate surface area is 142 Å². The van der Waals surface area contributed by atoms with E-state index in [9.17, 15) is 9.59 Å². The van der Waals surface area contributed by atoms with Crippen LogP contribution in [0, 0.1) is 0 Å². The van der Waals surface area contributed by atoms with E-state index in [1.807, 2.05) is 40.2 Å². The van der Waals surface area contributed by atoms with E-state index >= 15 is 0 Å². The molecule has 0 saturated heterocycles. The molecule has 2 amide bonds. The lowest BCUT2D eigenvalue weighted by Crippen LogP contribution is -2.27. The monoisotopic (exact) mass is 343 g/mol. The van der Waals surface area contributed by atoms with Gasteiger partial charge in [-0.05, 0) is 30.0 Å². The highest BCUT2D eigenvalue weighted by Crippen LogP contribution is 2.07. The first-order valence-corrected chi connectivity index (χ1v) is 8.49. The van der Waals surface area contributed by atoms with E-state index in [4.69, 9.17) is 0 Å². The van der Waals surface area contributed by atoms with Crippen molar-refractivity contribution in [3.05, 3.63) is 52.6 Å². The Morgan fingerprint density at radius 1 is 1.12 bits per heavy atom. The maximum atomic E-state index is 11.9. The first-order chi connectivity index (χ1) is 11.7. The maximum absolute atomic E-state index is 11.9. The molecule has 24 heavy (non-hydrogen) atoms. The Balaban J connectivity index is 1.38. The van der Waals surface area contributed by atoms with Gasteiger partial charge in [0, 0.05) is 19.2 Å². The fourth-order valence-electron chi connectivity index (χ4n) is 2.22. The molecule has 3 heterocycles. The number of amides is 2. The smallest absolute Gasteiger partial charge is 0.261 e. The Hall–Kier alpha value is -2.74. The fourth-order valence-corrected chi connectivity index (χ4v) is 2.86. The van der Waals surface area contributed by atoms with Gasteiger partial charge in [-0.3, -0.25) is 14.0 Å². The van der Waals surface area contributed by atoms with Crippen LogP contribution in [0.25, 0.3) is 5.65 Å². The summed E-state index contributed by atoms with van der Waals surface area (Å²) >= 11 is 1.40. The van der Waals surface area contributed by atoms with E-state index in [2.05, 4.69) is 20.8 Å². The summed E-state index contributed by atoms with van der Waals surface area (Å²) in [7, 11) is 0. The molecule has 7 nitrogen and oxygen atoms in total. The molecular formula is C16H17N5O2S. The molecule has 0 bridgehead atoms. The van der Waals surface area contributed by atoms with Crippen molar-refractivity contribution in [1.82, 2.24) is 25.2 Å². The second-order valence-electron chi connectivity index (χ2n) is 5.16. The molecule has 3 rings (SSSR count). The minimum Gasteiger partial charge on any atom is -0.351 e. The third-order valence-electron chi connectivity index (χ3n) is 3.44. The van der Waals surface area contributed by atoms with Crippen LogP contribution in [0.4, 0.5) is 0 Å². The number of aromatic nitrogens is 3. The zero-order valence-electron chi connectivity index (χ0n) is 12.9. The number of nitrogens with zero attached hydrogens (tertiary/aromatic N) is 3. The highest BCUT2D eigenvalue weighted by Gasteiger charge is 2.08. The van der Waals surface area contributed by atoms with Gasteiger partial charge < -0.3 is 10.6 Å². The van der Waals surface area contributed by atoms with Gasteiger partial charge in [0.25, 0.3) is 5.91 Å². The minimum atomic E-state index is -0.0969. The van der Waals surface area contributed by atoms with Crippen molar-refractivity contribution in [2.24, 2.45) is 0 Å². The molecule has 0 saturated carbocycles. The molecule has 3 aromatic rings. The van der Waals surface area contributed by atoms with Gasteiger partial charge in [-0.25, -0.2) is 0 Å². The van der Waals surface area contributed by atoms with Crippen LogP contribution in [0.1, 0.15) is 28.3 Å². The summed E-state index contributed by atoms with van der Waals surface area (Å²) in [5.41, 5.74) is 0.748. The number of carbonyl (C=O) groups excluding carboxylic acids is 2. The topological polar surface area (TPSA) is 88.4 Å². The molecule has 124 valence electrons. The number of nitrogens with one attached hydrogen (secondary N) is 2. The number of rotatable bonds is 7. The number of carbonyl (C=O) groups is 2.